The first kappa shape index (κ1) is 16.4. The summed E-state index contributed by atoms with van der Waals surface area (Å²) in [6, 6.07) is 8.28. The van der Waals surface area contributed by atoms with E-state index in [1.165, 1.54) is 5.56 Å². The highest BCUT2D eigenvalue weighted by Crippen LogP contribution is 2.24. The van der Waals surface area contributed by atoms with Gasteiger partial charge in [0.1, 0.15) is 0 Å². The Balaban J connectivity index is 2.81. The molecule has 1 rings (SSSR count). The molecule has 0 saturated heterocycles. The maximum atomic E-state index is 5.94. The molecule has 1 aromatic rings. The molecule has 1 aromatic carbocycles. The Labute approximate surface area is 121 Å². The predicted octanol–water partition coefficient (Wildman–Crippen LogP) is 3.63. The quantitative estimate of drug-likeness (QED) is 0.776. The smallest absolute Gasteiger partial charge is 0.171 e. The standard InChI is InChI=1S/C15H24ClNO2/c1-10(2)14(12-6-8-13(16)9-7-12)17-11(3)15(18-4)19-5/h6-11,14-15,17H,1-5H3. The fourth-order valence-corrected chi connectivity index (χ4v) is 2.34. The second-order valence-corrected chi connectivity index (χ2v) is 5.50. The minimum absolute atomic E-state index is 0.0954. The molecule has 3 nitrogen and oxygen atoms in total. The molecule has 0 aromatic heterocycles. The maximum Gasteiger partial charge on any atom is 0.171 e. The third kappa shape index (κ3) is 4.77. The molecule has 0 saturated carbocycles. The first-order valence-electron chi connectivity index (χ1n) is 6.56. The van der Waals surface area contributed by atoms with E-state index in [-0.39, 0.29) is 18.4 Å². The van der Waals surface area contributed by atoms with Crippen molar-refractivity contribution in [3.05, 3.63) is 34.9 Å². The van der Waals surface area contributed by atoms with Crippen molar-refractivity contribution in [1.29, 1.82) is 0 Å². The van der Waals surface area contributed by atoms with Crippen molar-refractivity contribution >= 4 is 11.6 Å². The average molecular weight is 286 g/mol. The van der Waals surface area contributed by atoms with Gasteiger partial charge in [-0.1, -0.05) is 37.6 Å². The molecule has 0 aliphatic heterocycles. The van der Waals surface area contributed by atoms with E-state index in [0.29, 0.717) is 5.92 Å². The van der Waals surface area contributed by atoms with Gasteiger partial charge >= 0.3 is 0 Å². The van der Waals surface area contributed by atoms with Crippen LogP contribution in [0.3, 0.4) is 0 Å². The van der Waals surface area contributed by atoms with Gasteiger partial charge in [-0.15, -0.1) is 0 Å². The van der Waals surface area contributed by atoms with Crippen LogP contribution in [0.25, 0.3) is 0 Å². The van der Waals surface area contributed by atoms with E-state index >= 15 is 0 Å². The summed E-state index contributed by atoms with van der Waals surface area (Å²) in [5.74, 6) is 0.456. The van der Waals surface area contributed by atoms with Crippen LogP contribution in [0.2, 0.25) is 5.02 Å². The van der Waals surface area contributed by atoms with Crippen LogP contribution in [0.5, 0.6) is 0 Å². The first-order chi connectivity index (χ1) is 8.99. The van der Waals surface area contributed by atoms with Crippen LogP contribution in [0, 0.1) is 5.92 Å². The maximum absolute atomic E-state index is 5.94. The summed E-state index contributed by atoms with van der Waals surface area (Å²) in [4.78, 5) is 0. The van der Waals surface area contributed by atoms with Crippen molar-refractivity contribution in [3.63, 3.8) is 0 Å². The summed E-state index contributed by atoms with van der Waals surface area (Å²) in [5.41, 5.74) is 1.22. The fraction of sp³-hybridized carbons (Fsp3) is 0.600. The Morgan fingerprint density at radius 3 is 1.95 bits per heavy atom. The van der Waals surface area contributed by atoms with Gasteiger partial charge in [0.05, 0.1) is 6.04 Å². The second kappa shape index (κ2) is 7.85. The van der Waals surface area contributed by atoms with E-state index in [1.807, 2.05) is 12.1 Å². The molecule has 0 aliphatic rings. The van der Waals surface area contributed by atoms with Gasteiger partial charge in [-0.3, -0.25) is 0 Å². The third-order valence-electron chi connectivity index (χ3n) is 3.21. The van der Waals surface area contributed by atoms with E-state index in [0.717, 1.165) is 5.02 Å². The number of ether oxygens (including phenoxy) is 2. The number of rotatable bonds is 7. The van der Waals surface area contributed by atoms with E-state index < -0.39 is 0 Å². The van der Waals surface area contributed by atoms with E-state index in [1.54, 1.807) is 14.2 Å². The summed E-state index contributed by atoms with van der Waals surface area (Å²) in [6.07, 6.45) is -0.256. The van der Waals surface area contributed by atoms with Gasteiger partial charge in [0.25, 0.3) is 0 Å². The average Bonchev–Trinajstić information content (AvgIpc) is 2.38. The zero-order chi connectivity index (χ0) is 14.4. The van der Waals surface area contributed by atoms with Gasteiger partial charge in [-0.05, 0) is 30.5 Å². The van der Waals surface area contributed by atoms with Crippen molar-refractivity contribution in [3.8, 4) is 0 Å². The SMILES string of the molecule is COC(OC)C(C)NC(c1ccc(Cl)cc1)C(C)C. The Morgan fingerprint density at radius 1 is 1.00 bits per heavy atom. The van der Waals surface area contributed by atoms with Crippen LogP contribution < -0.4 is 5.32 Å². The molecule has 2 unspecified atom stereocenters. The first-order valence-corrected chi connectivity index (χ1v) is 6.94. The molecule has 0 bridgehead atoms. The minimum Gasteiger partial charge on any atom is -0.354 e. The molecular formula is C15H24ClNO2. The Kier molecular flexibility index (Phi) is 6.80. The number of hydrogen-bond donors (Lipinski definition) is 1. The molecule has 1 N–H and O–H groups in total. The van der Waals surface area contributed by atoms with Crippen LogP contribution in [0.15, 0.2) is 24.3 Å². The van der Waals surface area contributed by atoms with E-state index in [2.05, 4.69) is 38.2 Å². The van der Waals surface area contributed by atoms with E-state index in [4.69, 9.17) is 21.1 Å². The highest BCUT2D eigenvalue weighted by atomic mass is 35.5. The minimum atomic E-state index is -0.256. The summed E-state index contributed by atoms with van der Waals surface area (Å²) in [6.45, 7) is 6.43. The van der Waals surface area contributed by atoms with Crippen molar-refractivity contribution in [2.45, 2.75) is 39.1 Å². The fourth-order valence-electron chi connectivity index (χ4n) is 2.21. The zero-order valence-corrected chi connectivity index (χ0v) is 13.1. The summed E-state index contributed by atoms with van der Waals surface area (Å²) < 4.78 is 10.6. The molecule has 2 atom stereocenters. The lowest BCUT2D eigenvalue weighted by molar-refractivity contribution is -0.121. The molecule has 0 radical (unpaired) electrons. The summed E-state index contributed by atoms with van der Waals surface area (Å²) >= 11 is 5.94. The van der Waals surface area contributed by atoms with Crippen LogP contribution in [-0.4, -0.2) is 26.6 Å². The molecule has 0 heterocycles. The Morgan fingerprint density at radius 2 is 1.53 bits per heavy atom. The number of methoxy groups -OCH3 is 2. The topological polar surface area (TPSA) is 30.5 Å². The normalized spacial score (nSPS) is 14.9. The molecule has 0 aliphatic carbocycles. The van der Waals surface area contributed by atoms with Gasteiger partial charge in [-0.25, -0.2) is 0 Å². The summed E-state index contributed by atoms with van der Waals surface area (Å²) in [7, 11) is 3.30. The number of nitrogens with one attached hydrogen (secondary N) is 1. The molecule has 4 heteroatoms. The van der Waals surface area contributed by atoms with Crippen LogP contribution >= 0.6 is 11.6 Å². The lowest BCUT2D eigenvalue weighted by atomic mass is 9.95. The molecule has 0 fully saturated rings. The zero-order valence-electron chi connectivity index (χ0n) is 12.3. The Bertz CT molecular complexity index is 363. The number of benzene rings is 1. The second-order valence-electron chi connectivity index (χ2n) is 5.07. The van der Waals surface area contributed by atoms with Crippen molar-refractivity contribution in [1.82, 2.24) is 5.32 Å². The van der Waals surface area contributed by atoms with Gasteiger partial charge in [0.2, 0.25) is 0 Å². The molecular weight excluding hydrogens is 262 g/mol. The van der Waals surface area contributed by atoms with Gasteiger partial charge < -0.3 is 14.8 Å². The third-order valence-corrected chi connectivity index (χ3v) is 3.46. The van der Waals surface area contributed by atoms with Gasteiger partial charge in [0, 0.05) is 25.3 Å². The van der Waals surface area contributed by atoms with Crippen LogP contribution in [0.1, 0.15) is 32.4 Å². The monoisotopic (exact) mass is 285 g/mol. The predicted molar refractivity (Wildman–Crippen MR) is 79.4 cm³/mol. The van der Waals surface area contributed by atoms with Gasteiger partial charge in [-0.2, -0.15) is 0 Å². The highest BCUT2D eigenvalue weighted by Gasteiger charge is 2.22. The molecule has 108 valence electrons. The number of halogens is 1. The van der Waals surface area contributed by atoms with Crippen molar-refractivity contribution < 1.29 is 9.47 Å². The van der Waals surface area contributed by atoms with Crippen LogP contribution in [-0.2, 0) is 9.47 Å². The summed E-state index contributed by atoms with van der Waals surface area (Å²) in [5, 5.41) is 4.32. The molecule has 0 spiro atoms. The molecule has 0 amide bonds. The van der Waals surface area contributed by atoms with E-state index in [9.17, 15) is 0 Å². The molecule has 19 heavy (non-hydrogen) atoms. The largest absolute Gasteiger partial charge is 0.354 e. The Hall–Kier alpha value is -0.610. The van der Waals surface area contributed by atoms with Crippen molar-refractivity contribution in [2.24, 2.45) is 5.92 Å². The lowest BCUT2D eigenvalue weighted by Crippen LogP contribution is -2.43. The van der Waals surface area contributed by atoms with Crippen LogP contribution in [0.4, 0.5) is 0 Å². The lowest BCUT2D eigenvalue weighted by Gasteiger charge is -2.30. The number of hydrogen-bond acceptors (Lipinski definition) is 3. The van der Waals surface area contributed by atoms with Gasteiger partial charge in [0.15, 0.2) is 6.29 Å². The van der Waals surface area contributed by atoms with Crippen molar-refractivity contribution in [2.75, 3.05) is 14.2 Å². The highest BCUT2D eigenvalue weighted by molar-refractivity contribution is 6.30.